The quantitative estimate of drug-likeness (QED) is 0.702. The van der Waals surface area contributed by atoms with Crippen LogP contribution in [0.15, 0.2) is 6.07 Å². The predicted molar refractivity (Wildman–Crippen MR) is 72.3 cm³/mol. The molecular weight excluding hydrogens is 262 g/mol. The minimum Gasteiger partial charge on any atom is -0.377 e. The normalized spacial score (nSPS) is 15.2. The zero-order chi connectivity index (χ0) is 14.5. The molecule has 1 aliphatic heterocycles. The van der Waals surface area contributed by atoms with E-state index in [9.17, 15) is 9.59 Å². The van der Waals surface area contributed by atoms with Crippen LogP contribution in [0.3, 0.4) is 0 Å². The molecule has 2 rings (SSSR count). The van der Waals surface area contributed by atoms with Gasteiger partial charge in [-0.3, -0.25) is 14.9 Å². The van der Waals surface area contributed by atoms with E-state index in [-0.39, 0.29) is 31.5 Å². The van der Waals surface area contributed by atoms with Crippen LogP contribution in [-0.4, -0.2) is 48.5 Å². The van der Waals surface area contributed by atoms with E-state index in [1.54, 1.807) is 18.1 Å². The van der Waals surface area contributed by atoms with E-state index in [1.807, 2.05) is 6.92 Å². The van der Waals surface area contributed by atoms with Crippen molar-refractivity contribution in [3.63, 3.8) is 0 Å². The molecule has 1 aliphatic rings. The molecule has 0 spiro atoms. The molecule has 0 atom stereocenters. The number of nitrogens with zero attached hydrogens (tertiary/aromatic N) is 3. The minimum atomic E-state index is -0.335. The Morgan fingerprint density at radius 2 is 2.05 bits per heavy atom. The third-order valence-corrected chi connectivity index (χ3v) is 2.66. The van der Waals surface area contributed by atoms with Crippen molar-refractivity contribution in [2.75, 3.05) is 37.0 Å². The van der Waals surface area contributed by atoms with Crippen LogP contribution in [0.2, 0.25) is 0 Å². The summed E-state index contributed by atoms with van der Waals surface area (Å²) in [4.78, 5) is 33.1. The van der Waals surface area contributed by atoms with Gasteiger partial charge in [0.1, 0.15) is 18.2 Å². The van der Waals surface area contributed by atoms with E-state index in [2.05, 4.69) is 20.6 Å². The third kappa shape index (κ3) is 3.41. The van der Waals surface area contributed by atoms with Crippen LogP contribution in [0.4, 0.5) is 11.6 Å². The number of carbonyl (C=O) groups excluding carboxylic acids is 2. The van der Waals surface area contributed by atoms with E-state index in [1.165, 1.54) is 0 Å². The summed E-state index contributed by atoms with van der Waals surface area (Å²) in [5.41, 5.74) is 0. The Bertz CT molecular complexity index is 480. The summed E-state index contributed by atoms with van der Waals surface area (Å²) in [6.45, 7) is 3.12. The second-order valence-electron chi connectivity index (χ2n) is 4.32. The topological polar surface area (TPSA) is 96.5 Å². The van der Waals surface area contributed by atoms with Gasteiger partial charge in [0.05, 0.1) is 13.1 Å². The van der Waals surface area contributed by atoms with Crippen molar-refractivity contribution >= 4 is 23.5 Å². The first-order valence-corrected chi connectivity index (χ1v) is 6.30. The number of nitrogens with one attached hydrogen (secondary N) is 2. The lowest BCUT2D eigenvalue weighted by Gasteiger charge is -2.26. The van der Waals surface area contributed by atoms with Crippen molar-refractivity contribution in [3.05, 3.63) is 11.9 Å². The molecule has 0 aromatic carbocycles. The number of imide groups is 1. The van der Waals surface area contributed by atoms with E-state index >= 15 is 0 Å². The molecule has 8 nitrogen and oxygen atoms in total. The van der Waals surface area contributed by atoms with Crippen molar-refractivity contribution < 1.29 is 14.3 Å². The molecule has 20 heavy (non-hydrogen) atoms. The van der Waals surface area contributed by atoms with Gasteiger partial charge in [-0.1, -0.05) is 0 Å². The molecule has 0 radical (unpaired) electrons. The maximum absolute atomic E-state index is 11.4. The van der Waals surface area contributed by atoms with Gasteiger partial charge in [-0.15, -0.1) is 0 Å². The van der Waals surface area contributed by atoms with E-state index in [0.717, 1.165) is 0 Å². The van der Waals surface area contributed by atoms with Crippen molar-refractivity contribution in [1.29, 1.82) is 0 Å². The zero-order valence-corrected chi connectivity index (χ0v) is 11.5. The molecule has 108 valence electrons. The number of piperazine rings is 1. The van der Waals surface area contributed by atoms with E-state index < -0.39 is 0 Å². The molecule has 2 heterocycles. The Hall–Kier alpha value is -2.22. The van der Waals surface area contributed by atoms with Crippen LogP contribution < -0.4 is 15.5 Å². The molecule has 0 bridgehead atoms. The van der Waals surface area contributed by atoms with Crippen LogP contribution in [-0.2, 0) is 20.9 Å². The second-order valence-corrected chi connectivity index (χ2v) is 4.32. The Balaban J connectivity index is 2.28. The summed E-state index contributed by atoms with van der Waals surface area (Å²) < 4.78 is 5.03. The van der Waals surface area contributed by atoms with Gasteiger partial charge in [0, 0.05) is 19.7 Å². The summed E-state index contributed by atoms with van der Waals surface area (Å²) in [6, 6.07) is 1.72. The maximum Gasteiger partial charge on any atom is 0.246 e. The van der Waals surface area contributed by atoms with Gasteiger partial charge in [-0.2, -0.15) is 0 Å². The highest BCUT2D eigenvalue weighted by molar-refractivity contribution is 6.02. The van der Waals surface area contributed by atoms with Crippen LogP contribution in [0.1, 0.15) is 12.7 Å². The SMILES string of the molecule is CCNc1cc(N2CC(=O)NC(=O)C2)nc(COC)n1. The third-order valence-electron chi connectivity index (χ3n) is 2.66. The molecule has 2 amide bonds. The fraction of sp³-hybridized carbons (Fsp3) is 0.500. The molecule has 1 fully saturated rings. The Morgan fingerprint density at radius 3 is 2.65 bits per heavy atom. The van der Waals surface area contributed by atoms with Gasteiger partial charge in [-0.25, -0.2) is 9.97 Å². The maximum atomic E-state index is 11.4. The van der Waals surface area contributed by atoms with Crippen LogP contribution in [0.5, 0.6) is 0 Å². The van der Waals surface area contributed by atoms with Gasteiger partial charge in [0.25, 0.3) is 0 Å². The van der Waals surface area contributed by atoms with E-state index in [4.69, 9.17) is 4.74 Å². The molecular formula is C12H17N5O3. The monoisotopic (exact) mass is 279 g/mol. The standard InChI is InChI=1S/C12H17N5O3/c1-3-13-8-4-10(15-9(14-8)7-20-2)17-5-11(18)16-12(19)6-17/h4H,3,5-7H2,1-2H3,(H,13,14,15)(H,16,18,19). The fourth-order valence-corrected chi connectivity index (χ4v) is 1.91. The number of methoxy groups -OCH3 is 1. The van der Waals surface area contributed by atoms with E-state index in [0.29, 0.717) is 24.0 Å². The van der Waals surface area contributed by atoms with Crippen molar-refractivity contribution in [2.24, 2.45) is 0 Å². The summed E-state index contributed by atoms with van der Waals surface area (Å²) in [7, 11) is 1.56. The van der Waals surface area contributed by atoms with Gasteiger partial charge in [0.2, 0.25) is 11.8 Å². The number of hydrogen-bond donors (Lipinski definition) is 2. The van der Waals surface area contributed by atoms with Gasteiger partial charge >= 0.3 is 0 Å². The number of ether oxygens (including phenoxy) is 1. The first-order valence-electron chi connectivity index (χ1n) is 6.30. The first kappa shape index (κ1) is 14.2. The molecule has 0 aliphatic carbocycles. The largest absolute Gasteiger partial charge is 0.377 e. The smallest absolute Gasteiger partial charge is 0.246 e. The molecule has 1 aromatic heterocycles. The van der Waals surface area contributed by atoms with Crippen molar-refractivity contribution in [1.82, 2.24) is 15.3 Å². The highest BCUT2D eigenvalue weighted by Crippen LogP contribution is 2.17. The van der Waals surface area contributed by atoms with Crippen molar-refractivity contribution in [2.45, 2.75) is 13.5 Å². The highest BCUT2D eigenvalue weighted by Gasteiger charge is 2.24. The lowest BCUT2D eigenvalue weighted by atomic mass is 10.3. The van der Waals surface area contributed by atoms with Gasteiger partial charge in [-0.05, 0) is 6.92 Å². The van der Waals surface area contributed by atoms with Crippen molar-refractivity contribution in [3.8, 4) is 0 Å². The average Bonchev–Trinajstić information content (AvgIpc) is 2.38. The molecule has 1 aromatic rings. The lowest BCUT2D eigenvalue weighted by molar-refractivity contribution is -0.130. The number of anilines is 2. The van der Waals surface area contributed by atoms with Gasteiger partial charge in [0.15, 0.2) is 5.82 Å². The predicted octanol–water partition coefficient (Wildman–Crippen LogP) is -0.482. The Kier molecular flexibility index (Phi) is 4.46. The summed E-state index contributed by atoms with van der Waals surface area (Å²) in [5, 5.41) is 5.34. The zero-order valence-electron chi connectivity index (χ0n) is 11.5. The van der Waals surface area contributed by atoms with Crippen LogP contribution in [0, 0.1) is 0 Å². The number of aromatic nitrogens is 2. The van der Waals surface area contributed by atoms with Crippen LogP contribution >= 0.6 is 0 Å². The number of carbonyl (C=O) groups is 2. The summed E-state index contributed by atoms with van der Waals surface area (Å²) in [5.74, 6) is 1.00. The van der Waals surface area contributed by atoms with Gasteiger partial charge < -0.3 is 15.0 Å². The number of amides is 2. The molecule has 0 saturated carbocycles. The second kappa shape index (κ2) is 6.29. The molecule has 1 saturated heterocycles. The Labute approximate surface area is 116 Å². The highest BCUT2D eigenvalue weighted by atomic mass is 16.5. The minimum absolute atomic E-state index is 0.0980. The first-order chi connectivity index (χ1) is 9.62. The molecule has 0 unspecified atom stereocenters. The Morgan fingerprint density at radius 1 is 1.35 bits per heavy atom. The molecule has 8 heteroatoms. The average molecular weight is 279 g/mol. The fourth-order valence-electron chi connectivity index (χ4n) is 1.91. The molecule has 2 N–H and O–H groups in total. The summed E-state index contributed by atoms with van der Waals surface area (Å²) in [6.07, 6.45) is 0. The lowest BCUT2D eigenvalue weighted by Crippen LogP contribution is -2.51. The summed E-state index contributed by atoms with van der Waals surface area (Å²) >= 11 is 0. The number of rotatable bonds is 5. The van der Waals surface area contributed by atoms with Crippen LogP contribution in [0.25, 0.3) is 0 Å². The number of hydrogen-bond acceptors (Lipinski definition) is 7.